The van der Waals surface area contributed by atoms with Crippen LogP contribution in [0.3, 0.4) is 0 Å². The Kier molecular flexibility index (Phi) is 7.40. The van der Waals surface area contributed by atoms with Gasteiger partial charge in [-0.05, 0) is 69.0 Å². The lowest BCUT2D eigenvalue weighted by Gasteiger charge is -2.34. The van der Waals surface area contributed by atoms with Crippen molar-refractivity contribution in [2.24, 2.45) is 11.1 Å². The summed E-state index contributed by atoms with van der Waals surface area (Å²) in [5, 5.41) is 7.93. The van der Waals surface area contributed by atoms with Crippen LogP contribution in [0.25, 0.3) is 32.9 Å². The van der Waals surface area contributed by atoms with E-state index in [1.165, 1.54) is 0 Å². The first-order chi connectivity index (χ1) is 20.7. The minimum Gasteiger partial charge on any atom is -0.461 e. The second-order valence-electron chi connectivity index (χ2n) is 12.1. The quantitative estimate of drug-likeness (QED) is 0.300. The van der Waals surface area contributed by atoms with Gasteiger partial charge in [0.2, 0.25) is 10.0 Å². The highest BCUT2D eigenvalue weighted by Gasteiger charge is 2.45. The molecule has 9 nitrogen and oxygen atoms in total. The Labute approximate surface area is 255 Å². The van der Waals surface area contributed by atoms with Crippen molar-refractivity contribution < 1.29 is 17.5 Å². The van der Waals surface area contributed by atoms with Gasteiger partial charge in [-0.3, -0.25) is 9.88 Å². The van der Waals surface area contributed by atoms with E-state index in [0.717, 1.165) is 57.0 Å². The number of benzene rings is 2. The van der Waals surface area contributed by atoms with Crippen LogP contribution in [0.1, 0.15) is 38.5 Å². The van der Waals surface area contributed by atoms with Gasteiger partial charge in [-0.25, -0.2) is 17.9 Å². The molecule has 5 heterocycles. The molecule has 1 atom stereocenters. The molecular weight excluding hydrogens is 591 g/mol. The Bertz CT molecular complexity index is 1810. The van der Waals surface area contributed by atoms with Crippen molar-refractivity contribution in [1.29, 1.82) is 0 Å². The molecule has 0 spiro atoms. The second kappa shape index (κ2) is 11.1. The maximum absolute atomic E-state index is 16.6. The first kappa shape index (κ1) is 28.6. The van der Waals surface area contributed by atoms with Gasteiger partial charge in [-0.2, -0.15) is 9.97 Å². The van der Waals surface area contributed by atoms with Gasteiger partial charge in [0, 0.05) is 35.3 Å². The van der Waals surface area contributed by atoms with Gasteiger partial charge < -0.3 is 9.64 Å². The molecule has 3 fully saturated rings. The van der Waals surface area contributed by atoms with Crippen LogP contribution in [0.5, 0.6) is 6.01 Å². The number of anilines is 1. The van der Waals surface area contributed by atoms with E-state index in [1.54, 1.807) is 18.3 Å². The average molecular weight is 625 g/mol. The van der Waals surface area contributed by atoms with Crippen molar-refractivity contribution in [3.63, 3.8) is 0 Å². The van der Waals surface area contributed by atoms with Crippen LogP contribution in [-0.4, -0.2) is 72.3 Å². The van der Waals surface area contributed by atoms with Crippen LogP contribution in [-0.2, 0) is 10.0 Å². The molecule has 2 N–H and O–H groups in total. The standard InChI is InChI=1S/C31H34ClFN6O3S/c32-24-10-2-8-21-7-1-9-22(25(21)24)27-26(33)28-23(16-35-27)29(38-13-3-6-20(17-38)18-43(34,40)41)37-30(36-28)42-19-31-11-4-14-39(31)15-5-12-31/h1-2,7-10,16,20H,3-6,11-15,17-19H2,(H2,34,40,41). The molecule has 43 heavy (non-hydrogen) atoms. The minimum atomic E-state index is -3.64. The largest absolute Gasteiger partial charge is 0.461 e. The van der Waals surface area contributed by atoms with E-state index in [4.69, 9.17) is 26.5 Å². The number of pyridine rings is 1. The molecule has 2 aromatic heterocycles. The number of primary sulfonamides is 1. The molecule has 0 bridgehead atoms. The summed E-state index contributed by atoms with van der Waals surface area (Å²) in [6.07, 6.45) is 7.45. The van der Waals surface area contributed by atoms with Gasteiger partial charge in [-0.1, -0.05) is 41.9 Å². The second-order valence-corrected chi connectivity index (χ2v) is 14.2. The SMILES string of the molecule is NS(=O)(=O)CC1CCCN(c2nc(OCC34CCCN3CCC4)nc3c(F)c(-c4cccc5cccc(Cl)c45)ncc23)C1. The molecule has 0 amide bonds. The number of rotatable bonds is 7. The number of halogens is 2. The summed E-state index contributed by atoms with van der Waals surface area (Å²) < 4.78 is 46.7. The van der Waals surface area contributed by atoms with Gasteiger partial charge in [-0.15, -0.1) is 0 Å². The predicted molar refractivity (Wildman–Crippen MR) is 166 cm³/mol. The van der Waals surface area contributed by atoms with Gasteiger partial charge in [0.25, 0.3) is 0 Å². The van der Waals surface area contributed by atoms with E-state index in [9.17, 15) is 8.42 Å². The van der Waals surface area contributed by atoms with Crippen LogP contribution >= 0.6 is 11.6 Å². The van der Waals surface area contributed by atoms with Crippen LogP contribution in [0.4, 0.5) is 10.2 Å². The van der Waals surface area contributed by atoms with E-state index in [1.807, 2.05) is 29.2 Å². The Hall–Kier alpha value is -3.12. The molecule has 0 radical (unpaired) electrons. The molecule has 7 rings (SSSR count). The van der Waals surface area contributed by atoms with Crippen molar-refractivity contribution in [2.75, 3.05) is 43.4 Å². The summed E-state index contributed by atoms with van der Waals surface area (Å²) in [5.74, 6) is -0.386. The fraction of sp³-hybridized carbons (Fsp3) is 0.452. The topological polar surface area (TPSA) is 115 Å². The number of hydrogen-bond acceptors (Lipinski definition) is 8. The van der Waals surface area contributed by atoms with E-state index in [2.05, 4.69) is 14.9 Å². The van der Waals surface area contributed by atoms with E-state index in [-0.39, 0.29) is 34.4 Å². The van der Waals surface area contributed by atoms with Gasteiger partial charge in [0.15, 0.2) is 5.82 Å². The smallest absolute Gasteiger partial charge is 0.319 e. The third-order valence-corrected chi connectivity index (χ3v) is 10.6. The number of sulfonamides is 1. The summed E-state index contributed by atoms with van der Waals surface area (Å²) in [5.41, 5.74) is 0.785. The Morgan fingerprint density at radius 3 is 2.60 bits per heavy atom. The van der Waals surface area contributed by atoms with Crippen LogP contribution < -0.4 is 14.8 Å². The summed E-state index contributed by atoms with van der Waals surface area (Å²) >= 11 is 6.58. The zero-order valence-corrected chi connectivity index (χ0v) is 25.4. The highest BCUT2D eigenvalue weighted by Crippen LogP contribution is 2.40. The Morgan fingerprint density at radius 2 is 1.84 bits per heavy atom. The number of ether oxygens (including phenoxy) is 1. The molecule has 12 heteroatoms. The molecule has 3 aliphatic rings. The highest BCUT2D eigenvalue weighted by molar-refractivity contribution is 7.89. The van der Waals surface area contributed by atoms with E-state index in [0.29, 0.717) is 46.9 Å². The lowest BCUT2D eigenvalue weighted by Crippen LogP contribution is -2.43. The fourth-order valence-corrected chi connectivity index (χ4v) is 8.60. The molecule has 3 saturated heterocycles. The van der Waals surface area contributed by atoms with Crippen LogP contribution in [0, 0.1) is 11.7 Å². The monoisotopic (exact) mass is 624 g/mol. The minimum absolute atomic E-state index is 0.0359. The van der Waals surface area contributed by atoms with Gasteiger partial charge in [0.05, 0.1) is 16.7 Å². The first-order valence-corrected chi connectivity index (χ1v) is 17.0. The molecule has 3 aliphatic heterocycles. The average Bonchev–Trinajstić information content (AvgIpc) is 3.56. The molecule has 0 saturated carbocycles. The maximum Gasteiger partial charge on any atom is 0.319 e. The zero-order chi connectivity index (χ0) is 29.8. The molecular formula is C31H34ClFN6O3S. The predicted octanol–water partition coefficient (Wildman–Crippen LogP) is 5.15. The molecule has 4 aromatic rings. The third-order valence-electron chi connectivity index (χ3n) is 9.32. The number of aromatic nitrogens is 3. The normalized spacial score (nSPS) is 20.6. The first-order valence-electron chi connectivity index (χ1n) is 14.9. The number of fused-ring (bicyclic) bond motifs is 3. The zero-order valence-electron chi connectivity index (χ0n) is 23.8. The number of piperidine rings is 1. The van der Waals surface area contributed by atoms with E-state index >= 15 is 4.39 Å². The maximum atomic E-state index is 16.6. The van der Waals surface area contributed by atoms with Crippen molar-refractivity contribution in [3.8, 4) is 17.3 Å². The molecule has 1 unspecified atom stereocenters. The lowest BCUT2D eigenvalue weighted by molar-refractivity contribution is 0.108. The van der Waals surface area contributed by atoms with Crippen LogP contribution in [0.15, 0.2) is 42.6 Å². The van der Waals surface area contributed by atoms with Crippen molar-refractivity contribution in [3.05, 3.63) is 53.4 Å². The fourth-order valence-electron chi connectivity index (χ4n) is 7.39. The molecule has 0 aliphatic carbocycles. The van der Waals surface area contributed by atoms with E-state index < -0.39 is 15.8 Å². The number of hydrogen-bond donors (Lipinski definition) is 1. The Morgan fingerprint density at radius 1 is 1.07 bits per heavy atom. The van der Waals surface area contributed by atoms with Crippen LogP contribution in [0.2, 0.25) is 5.02 Å². The number of nitrogens with zero attached hydrogens (tertiary/aromatic N) is 5. The van der Waals surface area contributed by atoms with Crippen molar-refractivity contribution in [1.82, 2.24) is 19.9 Å². The number of nitrogens with two attached hydrogens (primary N) is 1. The third kappa shape index (κ3) is 5.41. The Balaban J connectivity index is 1.33. The summed E-state index contributed by atoms with van der Waals surface area (Å²) in [4.78, 5) is 18.5. The lowest BCUT2D eigenvalue weighted by atomic mass is 9.95. The summed E-state index contributed by atoms with van der Waals surface area (Å²) in [7, 11) is -3.64. The summed E-state index contributed by atoms with van der Waals surface area (Å²) in [6, 6.07) is 11.3. The molecule has 2 aromatic carbocycles. The van der Waals surface area contributed by atoms with Crippen molar-refractivity contribution in [2.45, 2.75) is 44.1 Å². The molecule has 226 valence electrons. The van der Waals surface area contributed by atoms with Gasteiger partial charge >= 0.3 is 6.01 Å². The summed E-state index contributed by atoms with van der Waals surface area (Å²) in [6.45, 7) is 3.60. The van der Waals surface area contributed by atoms with Gasteiger partial charge in [0.1, 0.15) is 23.6 Å². The van der Waals surface area contributed by atoms with Crippen molar-refractivity contribution >= 4 is 49.1 Å². The highest BCUT2D eigenvalue weighted by atomic mass is 35.5.